The van der Waals surface area contributed by atoms with Crippen molar-refractivity contribution < 1.29 is 33.7 Å². The quantitative estimate of drug-likeness (QED) is 0.564. The normalized spacial score (nSPS) is 29.8. The molecular formula is C23H30O7S. The van der Waals surface area contributed by atoms with Crippen molar-refractivity contribution in [1.82, 2.24) is 0 Å². The van der Waals surface area contributed by atoms with Crippen molar-refractivity contribution in [3.05, 3.63) is 65.7 Å². The summed E-state index contributed by atoms with van der Waals surface area (Å²) in [5.74, 6) is 0. The molecule has 0 amide bonds. The Labute approximate surface area is 185 Å². The maximum absolute atomic E-state index is 13.5. The van der Waals surface area contributed by atoms with Gasteiger partial charge in [0.05, 0.1) is 30.1 Å². The second-order valence-electron chi connectivity index (χ2n) is 7.91. The first-order valence-corrected chi connectivity index (χ1v) is 11.4. The molecule has 0 spiro atoms. The van der Waals surface area contributed by atoms with Gasteiger partial charge in [-0.1, -0.05) is 48.0 Å². The molecule has 2 aromatic carbocycles. The van der Waals surface area contributed by atoms with Gasteiger partial charge in [0.2, 0.25) is 4.93 Å². The highest BCUT2D eigenvalue weighted by Gasteiger charge is 2.61. The highest BCUT2D eigenvalue weighted by Crippen LogP contribution is 2.38. The predicted octanol–water partition coefficient (Wildman–Crippen LogP) is 1.88. The van der Waals surface area contributed by atoms with Crippen LogP contribution in [-0.2, 0) is 31.6 Å². The Morgan fingerprint density at radius 2 is 1.77 bits per heavy atom. The van der Waals surface area contributed by atoms with Gasteiger partial charge >= 0.3 is 0 Å². The van der Waals surface area contributed by atoms with Crippen LogP contribution < -0.4 is 0 Å². The Kier molecular flexibility index (Phi) is 7.98. The fraction of sp³-hybridized carbons (Fsp3) is 0.478. The smallest absolute Gasteiger partial charge is 0.204 e. The van der Waals surface area contributed by atoms with Crippen LogP contribution in [0.15, 0.2) is 59.5 Å². The van der Waals surface area contributed by atoms with E-state index in [-0.39, 0.29) is 12.7 Å². The van der Waals surface area contributed by atoms with Gasteiger partial charge in [-0.2, -0.15) is 0 Å². The van der Waals surface area contributed by atoms with E-state index in [1.165, 1.54) is 0 Å². The molecule has 0 bridgehead atoms. The van der Waals surface area contributed by atoms with Gasteiger partial charge in [0, 0.05) is 4.90 Å². The summed E-state index contributed by atoms with van der Waals surface area (Å²) in [6.07, 6.45) is -5.68. The number of rotatable bonds is 8. The van der Waals surface area contributed by atoms with Crippen LogP contribution in [-0.4, -0.2) is 61.8 Å². The molecule has 3 N–H and O–H groups in total. The Morgan fingerprint density at radius 3 is 2.35 bits per heavy atom. The Balaban J connectivity index is 1.97. The minimum absolute atomic E-state index is 0.144. The molecule has 2 aromatic rings. The van der Waals surface area contributed by atoms with Crippen LogP contribution in [0.5, 0.6) is 0 Å². The molecule has 1 aliphatic rings. The molecule has 0 saturated carbocycles. The fourth-order valence-electron chi connectivity index (χ4n) is 3.49. The fourth-order valence-corrected chi connectivity index (χ4v) is 5.00. The zero-order valence-electron chi connectivity index (χ0n) is 17.9. The Bertz CT molecular complexity index is 858. The van der Waals surface area contributed by atoms with E-state index >= 15 is 0 Å². The lowest BCUT2D eigenvalue weighted by molar-refractivity contribution is -0.327. The van der Waals surface area contributed by atoms with Gasteiger partial charge in [0.25, 0.3) is 0 Å². The molecule has 170 valence electrons. The first kappa shape index (κ1) is 24.0. The molecule has 0 radical (unpaired) electrons. The van der Waals surface area contributed by atoms with E-state index in [4.69, 9.17) is 14.2 Å². The van der Waals surface area contributed by atoms with Crippen molar-refractivity contribution in [2.75, 3.05) is 6.61 Å². The van der Waals surface area contributed by atoms with Gasteiger partial charge < -0.3 is 29.5 Å². The standard InChI is InChI=1S/C23H30O7S/c1-15(2)29-21-22(28-14-17-7-5-4-6-8-17)30-19(13-24)20(25)23(21,26)31(27)18-11-9-16(3)10-12-18/h4-12,15,19-22,24-26H,13-14H2,1-3H3/t19-,20-,21-,22+,23-,31?/m1/s1. The van der Waals surface area contributed by atoms with Gasteiger partial charge in [-0.3, -0.25) is 4.21 Å². The largest absolute Gasteiger partial charge is 0.394 e. The first-order chi connectivity index (χ1) is 14.8. The minimum atomic E-state index is -2.27. The molecule has 31 heavy (non-hydrogen) atoms. The monoisotopic (exact) mass is 450 g/mol. The number of aryl methyl sites for hydroxylation is 1. The Morgan fingerprint density at radius 1 is 1.13 bits per heavy atom. The second kappa shape index (κ2) is 10.3. The van der Waals surface area contributed by atoms with Gasteiger partial charge in [-0.25, -0.2) is 0 Å². The van der Waals surface area contributed by atoms with E-state index in [2.05, 4.69) is 0 Å². The van der Waals surface area contributed by atoms with Crippen molar-refractivity contribution in [3.8, 4) is 0 Å². The molecule has 0 aromatic heterocycles. The molecular weight excluding hydrogens is 420 g/mol. The SMILES string of the molecule is Cc1ccc(S(=O)[C@]2(O)[C@H](O)[C@@H](CO)O[C@H](OCc3ccccc3)[C@H]2OC(C)C)cc1. The van der Waals surface area contributed by atoms with Gasteiger partial charge in [-0.05, 0) is 38.5 Å². The maximum Gasteiger partial charge on any atom is 0.204 e. The van der Waals surface area contributed by atoms with Crippen LogP contribution in [0.3, 0.4) is 0 Å². The number of aliphatic hydroxyl groups is 3. The third-order valence-corrected chi connectivity index (χ3v) is 6.90. The number of aliphatic hydroxyl groups excluding tert-OH is 2. The predicted molar refractivity (Wildman–Crippen MR) is 116 cm³/mol. The van der Waals surface area contributed by atoms with Crippen molar-refractivity contribution in [3.63, 3.8) is 0 Å². The number of ether oxygens (including phenoxy) is 3. The van der Waals surface area contributed by atoms with E-state index in [1.54, 1.807) is 38.1 Å². The molecule has 0 aliphatic carbocycles. The minimum Gasteiger partial charge on any atom is -0.394 e. The topological polar surface area (TPSA) is 105 Å². The van der Waals surface area contributed by atoms with Crippen LogP contribution in [0.1, 0.15) is 25.0 Å². The molecule has 1 heterocycles. The van der Waals surface area contributed by atoms with E-state index < -0.39 is 46.9 Å². The molecule has 7 nitrogen and oxygen atoms in total. The van der Waals surface area contributed by atoms with Crippen LogP contribution in [0.4, 0.5) is 0 Å². The third-order valence-electron chi connectivity index (χ3n) is 5.13. The first-order valence-electron chi connectivity index (χ1n) is 10.2. The van der Waals surface area contributed by atoms with Crippen LogP contribution in [0.25, 0.3) is 0 Å². The van der Waals surface area contributed by atoms with E-state index in [9.17, 15) is 19.5 Å². The maximum atomic E-state index is 13.5. The highest BCUT2D eigenvalue weighted by molar-refractivity contribution is 7.86. The molecule has 3 rings (SSSR count). The summed E-state index contributed by atoms with van der Waals surface area (Å²) in [6.45, 7) is 4.96. The number of hydrogen-bond donors (Lipinski definition) is 3. The van der Waals surface area contributed by atoms with E-state index in [0.29, 0.717) is 4.90 Å². The van der Waals surface area contributed by atoms with Gasteiger partial charge in [-0.15, -0.1) is 0 Å². The van der Waals surface area contributed by atoms with Crippen LogP contribution in [0, 0.1) is 6.92 Å². The average Bonchev–Trinajstić information content (AvgIpc) is 2.77. The summed E-state index contributed by atoms with van der Waals surface area (Å²) < 4.78 is 31.1. The van der Waals surface area contributed by atoms with Crippen molar-refractivity contribution in [2.24, 2.45) is 0 Å². The van der Waals surface area contributed by atoms with Crippen molar-refractivity contribution in [2.45, 2.75) is 67.9 Å². The Hall–Kier alpha value is -1.65. The zero-order valence-corrected chi connectivity index (χ0v) is 18.7. The van der Waals surface area contributed by atoms with Gasteiger partial charge in [0.15, 0.2) is 12.4 Å². The van der Waals surface area contributed by atoms with Crippen LogP contribution >= 0.6 is 0 Å². The van der Waals surface area contributed by atoms with E-state index in [0.717, 1.165) is 11.1 Å². The van der Waals surface area contributed by atoms with Crippen molar-refractivity contribution >= 4 is 10.8 Å². The average molecular weight is 451 g/mol. The summed E-state index contributed by atoms with van der Waals surface area (Å²) >= 11 is 0. The van der Waals surface area contributed by atoms with Gasteiger partial charge in [0.1, 0.15) is 12.2 Å². The summed E-state index contributed by atoms with van der Waals surface area (Å²) in [5, 5.41) is 32.3. The molecule has 6 atom stereocenters. The second-order valence-corrected chi connectivity index (χ2v) is 9.57. The summed E-state index contributed by atoms with van der Waals surface area (Å²) in [4.78, 5) is -1.95. The molecule has 8 heteroatoms. The number of hydrogen-bond acceptors (Lipinski definition) is 7. The van der Waals surface area contributed by atoms with Crippen LogP contribution in [0.2, 0.25) is 0 Å². The van der Waals surface area contributed by atoms with Crippen molar-refractivity contribution in [1.29, 1.82) is 0 Å². The number of benzene rings is 2. The molecule has 1 saturated heterocycles. The zero-order chi connectivity index (χ0) is 22.6. The molecule has 1 unspecified atom stereocenters. The third kappa shape index (κ3) is 5.23. The lowest BCUT2D eigenvalue weighted by Crippen LogP contribution is -2.70. The van der Waals surface area contributed by atoms with E-state index in [1.807, 2.05) is 37.3 Å². The summed E-state index contributed by atoms with van der Waals surface area (Å²) in [6, 6.07) is 16.2. The molecule has 1 fully saturated rings. The summed E-state index contributed by atoms with van der Waals surface area (Å²) in [5.41, 5.74) is 1.83. The lowest BCUT2D eigenvalue weighted by atomic mass is 9.98. The summed E-state index contributed by atoms with van der Waals surface area (Å²) in [7, 11) is -2.10. The molecule has 1 aliphatic heterocycles. The highest BCUT2D eigenvalue weighted by atomic mass is 32.2. The lowest BCUT2D eigenvalue weighted by Gasteiger charge is -2.49.